The molecule has 25 heavy (non-hydrogen) atoms. The summed E-state index contributed by atoms with van der Waals surface area (Å²) in [6.45, 7) is 3.58. The first-order chi connectivity index (χ1) is 12.3. The smallest absolute Gasteiger partial charge is 0.165 e. The number of nitrogens with zero attached hydrogens (tertiary/aromatic N) is 4. The van der Waals surface area contributed by atoms with Crippen molar-refractivity contribution in [2.45, 2.75) is 25.7 Å². The van der Waals surface area contributed by atoms with Crippen molar-refractivity contribution in [1.29, 1.82) is 0 Å². The first kappa shape index (κ1) is 16.1. The van der Waals surface area contributed by atoms with E-state index < -0.39 is 0 Å². The SMILES string of the molecule is COc1cc(N2CCN(c3ncnc4c3CCCC4)CC2)ccc1F. The van der Waals surface area contributed by atoms with Gasteiger partial charge in [-0.1, -0.05) is 0 Å². The van der Waals surface area contributed by atoms with Crippen molar-refractivity contribution in [3.05, 3.63) is 41.6 Å². The van der Waals surface area contributed by atoms with Crippen LogP contribution in [0.4, 0.5) is 15.9 Å². The molecule has 132 valence electrons. The lowest BCUT2D eigenvalue weighted by atomic mass is 9.96. The molecule has 0 atom stereocenters. The molecule has 0 radical (unpaired) electrons. The Morgan fingerprint density at radius 3 is 2.56 bits per heavy atom. The van der Waals surface area contributed by atoms with Gasteiger partial charge in [-0.05, 0) is 37.8 Å². The molecule has 0 N–H and O–H groups in total. The minimum absolute atomic E-state index is 0.296. The third-order valence-electron chi connectivity index (χ3n) is 5.18. The molecule has 0 saturated carbocycles. The van der Waals surface area contributed by atoms with Gasteiger partial charge in [-0.3, -0.25) is 0 Å². The number of benzene rings is 1. The molecule has 2 heterocycles. The number of aromatic nitrogens is 2. The summed E-state index contributed by atoms with van der Waals surface area (Å²) < 4.78 is 18.7. The van der Waals surface area contributed by atoms with E-state index in [2.05, 4.69) is 19.8 Å². The number of hydrogen-bond acceptors (Lipinski definition) is 5. The minimum atomic E-state index is -0.322. The topological polar surface area (TPSA) is 41.5 Å². The average Bonchev–Trinajstić information content (AvgIpc) is 2.68. The lowest BCUT2D eigenvalue weighted by molar-refractivity contribution is 0.386. The van der Waals surface area contributed by atoms with Gasteiger partial charge in [-0.15, -0.1) is 0 Å². The van der Waals surface area contributed by atoms with Gasteiger partial charge >= 0.3 is 0 Å². The zero-order valence-corrected chi connectivity index (χ0v) is 14.5. The minimum Gasteiger partial charge on any atom is -0.494 e. The van der Waals surface area contributed by atoms with Gasteiger partial charge in [0.1, 0.15) is 12.1 Å². The molecule has 1 aromatic carbocycles. The quantitative estimate of drug-likeness (QED) is 0.858. The summed E-state index contributed by atoms with van der Waals surface area (Å²) in [5.74, 6) is 1.09. The zero-order chi connectivity index (χ0) is 17.2. The Bertz CT molecular complexity index is 759. The van der Waals surface area contributed by atoms with Gasteiger partial charge in [-0.2, -0.15) is 0 Å². The fourth-order valence-corrected chi connectivity index (χ4v) is 3.80. The van der Waals surface area contributed by atoms with Crippen molar-refractivity contribution >= 4 is 11.5 Å². The van der Waals surface area contributed by atoms with Crippen LogP contribution in [-0.2, 0) is 12.8 Å². The highest BCUT2D eigenvalue weighted by molar-refractivity contribution is 5.55. The second kappa shape index (κ2) is 6.86. The second-order valence-corrected chi connectivity index (χ2v) is 6.62. The molecule has 1 saturated heterocycles. The number of fused-ring (bicyclic) bond motifs is 1. The molecule has 1 fully saturated rings. The van der Waals surface area contributed by atoms with Crippen LogP contribution < -0.4 is 14.5 Å². The van der Waals surface area contributed by atoms with E-state index in [9.17, 15) is 4.39 Å². The van der Waals surface area contributed by atoms with Gasteiger partial charge in [0, 0.05) is 49.2 Å². The van der Waals surface area contributed by atoms with Crippen LogP contribution in [-0.4, -0.2) is 43.3 Å². The van der Waals surface area contributed by atoms with Crippen LogP contribution in [0.3, 0.4) is 0 Å². The monoisotopic (exact) mass is 342 g/mol. The molecule has 0 spiro atoms. The zero-order valence-electron chi connectivity index (χ0n) is 14.5. The Morgan fingerprint density at radius 1 is 1.00 bits per heavy atom. The predicted octanol–water partition coefficient (Wildman–Crippen LogP) is 2.83. The molecular formula is C19H23FN4O. The largest absolute Gasteiger partial charge is 0.494 e. The van der Waals surface area contributed by atoms with Gasteiger partial charge in [0.25, 0.3) is 0 Å². The fourth-order valence-electron chi connectivity index (χ4n) is 3.80. The Balaban J connectivity index is 1.49. The first-order valence-corrected chi connectivity index (χ1v) is 8.92. The summed E-state index contributed by atoms with van der Waals surface area (Å²) in [6, 6.07) is 5.07. The first-order valence-electron chi connectivity index (χ1n) is 8.92. The second-order valence-electron chi connectivity index (χ2n) is 6.62. The van der Waals surface area contributed by atoms with E-state index in [1.54, 1.807) is 12.4 Å². The van der Waals surface area contributed by atoms with E-state index in [-0.39, 0.29) is 5.82 Å². The maximum atomic E-state index is 13.6. The molecular weight excluding hydrogens is 319 g/mol. The molecule has 4 rings (SSSR count). The summed E-state index contributed by atoms with van der Waals surface area (Å²) in [5.41, 5.74) is 3.57. The molecule has 5 nitrogen and oxygen atoms in total. The Morgan fingerprint density at radius 2 is 1.76 bits per heavy atom. The van der Waals surface area contributed by atoms with Crippen LogP contribution in [0.5, 0.6) is 5.75 Å². The molecule has 0 unspecified atom stereocenters. The highest BCUT2D eigenvalue weighted by atomic mass is 19.1. The van der Waals surface area contributed by atoms with Crippen molar-refractivity contribution < 1.29 is 9.13 Å². The number of halogens is 1. The van der Waals surface area contributed by atoms with Gasteiger partial charge in [0.2, 0.25) is 0 Å². The van der Waals surface area contributed by atoms with Gasteiger partial charge in [0.05, 0.1) is 7.11 Å². The molecule has 1 aliphatic heterocycles. The van der Waals surface area contributed by atoms with E-state index in [1.807, 2.05) is 6.07 Å². The summed E-state index contributed by atoms with van der Waals surface area (Å²) in [7, 11) is 1.50. The van der Waals surface area contributed by atoms with Crippen molar-refractivity contribution in [3.63, 3.8) is 0 Å². The number of methoxy groups -OCH3 is 1. The highest BCUT2D eigenvalue weighted by Crippen LogP contribution is 2.29. The van der Waals surface area contributed by atoms with E-state index in [1.165, 1.54) is 37.3 Å². The van der Waals surface area contributed by atoms with Crippen LogP contribution in [0.25, 0.3) is 0 Å². The number of ether oxygens (including phenoxy) is 1. The standard InChI is InChI=1S/C19H23FN4O/c1-25-18-12-14(6-7-16(18)20)23-8-10-24(11-9-23)19-15-4-2-3-5-17(15)21-13-22-19/h6-7,12-13H,2-5,8-11H2,1H3. The molecule has 1 aliphatic carbocycles. The molecule has 1 aromatic heterocycles. The number of piperazine rings is 1. The third kappa shape index (κ3) is 3.13. The lowest BCUT2D eigenvalue weighted by Gasteiger charge is -2.38. The van der Waals surface area contributed by atoms with E-state index in [4.69, 9.17) is 4.74 Å². The van der Waals surface area contributed by atoms with Crippen molar-refractivity contribution in [2.24, 2.45) is 0 Å². The molecule has 6 heteroatoms. The van der Waals surface area contributed by atoms with Crippen molar-refractivity contribution in [2.75, 3.05) is 43.1 Å². The van der Waals surface area contributed by atoms with E-state index >= 15 is 0 Å². The Kier molecular flexibility index (Phi) is 4.42. The van der Waals surface area contributed by atoms with E-state index in [0.717, 1.165) is 50.5 Å². The fraction of sp³-hybridized carbons (Fsp3) is 0.474. The lowest BCUT2D eigenvalue weighted by Crippen LogP contribution is -2.47. The van der Waals surface area contributed by atoms with Crippen LogP contribution in [0.2, 0.25) is 0 Å². The number of rotatable bonds is 3. The predicted molar refractivity (Wildman–Crippen MR) is 96.1 cm³/mol. The Hall–Kier alpha value is -2.37. The summed E-state index contributed by atoms with van der Waals surface area (Å²) in [5, 5.41) is 0. The number of anilines is 2. The maximum Gasteiger partial charge on any atom is 0.165 e. The third-order valence-corrected chi connectivity index (χ3v) is 5.18. The van der Waals surface area contributed by atoms with Gasteiger partial charge in [0.15, 0.2) is 11.6 Å². The summed E-state index contributed by atoms with van der Waals surface area (Å²) >= 11 is 0. The van der Waals surface area contributed by atoms with Gasteiger partial charge < -0.3 is 14.5 Å². The van der Waals surface area contributed by atoms with Crippen LogP contribution in [0, 0.1) is 5.82 Å². The summed E-state index contributed by atoms with van der Waals surface area (Å²) in [6.07, 6.45) is 6.31. The van der Waals surface area contributed by atoms with Crippen molar-refractivity contribution in [3.8, 4) is 5.75 Å². The number of aryl methyl sites for hydroxylation is 1. The van der Waals surface area contributed by atoms with Crippen LogP contribution in [0.15, 0.2) is 24.5 Å². The number of hydrogen-bond donors (Lipinski definition) is 0. The van der Waals surface area contributed by atoms with Crippen LogP contribution >= 0.6 is 0 Å². The normalized spacial score (nSPS) is 17.4. The van der Waals surface area contributed by atoms with Gasteiger partial charge in [-0.25, -0.2) is 14.4 Å². The molecule has 2 aliphatic rings. The molecule has 0 amide bonds. The van der Waals surface area contributed by atoms with Crippen molar-refractivity contribution in [1.82, 2.24) is 9.97 Å². The molecule has 0 bridgehead atoms. The van der Waals surface area contributed by atoms with E-state index in [0.29, 0.717) is 5.75 Å². The highest BCUT2D eigenvalue weighted by Gasteiger charge is 2.24. The molecule has 2 aromatic rings. The Labute approximate surface area is 147 Å². The maximum absolute atomic E-state index is 13.6. The average molecular weight is 342 g/mol. The van der Waals surface area contributed by atoms with Crippen LogP contribution in [0.1, 0.15) is 24.1 Å². The summed E-state index contributed by atoms with van der Waals surface area (Å²) in [4.78, 5) is 13.7.